The normalized spacial score (nSPS) is 11.3. The molecule has 34 heavy (non-hydrogen) atoms. The largest absolute Gasteiger partial charge is 0.494 e. The molecular formula is C26H33N7O. The molecule has 4 rings (SSSR count). The van der Waals surface area contributed by atoms with Gasteiger partial charge in [0.1, 0.15) is 5.75 Å². The minimum Gasteiger partial charge on any atom is -0.494 e. The van der Waals surface area contributed by atoms with E-state index in [4.69, 9.17) is 15.5 Å². The van der Waals surface area contributed by atoms with Crippen LogP contribution in [0.3, 0.4) is 0 Å². The fourth-order valence-corrected chi connectivity index (χ4v) is 4.24. The van der Waals surface area contributed by atoms with Gasteiger partial charge < -0.3 is 30.6 Å². The molecule has 8 heteroatoms. The molecule has 0 atom stereocenters. The van der Waals surface area contributed by atoms with Crippen molar-refractivity contribution in [2.45, 2.75) is 13.3 Å². The summed E-state index contributed by atoms with van der Waals surface area (Å²) in [7, 11) is 9.65. The number of nitrogen functional groups attached to an aromatic ring is 1. The number of anilines is 4. The summed E-state index contributed by atoms with van der Waals surface area (Å²) >= 11 is 0. The summed E-state index contributed by atoms with van der Waals surface area (Å²) < 4.78 is 7.86. The second-order valence-electron chi connectivity index (χ2n) is 8.72. The van der Waals surface area contributed by atoms with Crippen LogP contribution in [-0.4, -0.2) is 54.2 Å². The highest BCUT2D eigenvalue weighted by Gasteiger charge is 2.19. The Morgan fingerprint density at radius 3 is 2.68 bits per heavy atom. The Labute approximate surface area is 200 Å². The quantitative estimate of drug-likeness (QED) is 0.336. The number of ether oxygens (including phenoxy) is 1. The van der Waals surface area contributed by atoms with Crippen molar-refractivity contribution >= 4 is 33.9 Å². The number of nitrogens with one attached hydrogen (secondary N) is 2. The van der Waals surface area contributed by atoms with Gasteiger partial charge in [0.25, 0.3) is 0 Å². The molecule has 0 radical (unpaired) electrons. The molecule has 2 aromatic carbocycles. The first-order valence-corrected chi connectivity index (χ1v) is 11.3. The third-order valence-electron chi connectivity index (χ3n) is 6.10. The first-order chi connectivity index (χ1) is 16.3. The number of hydrogen-bond acceptors (Lipinski definition) is 7. The fourth-order valence-electron chi connectivity index (χ4n) is 4.24. The van der Waals surface area contributed by atoms with Crippen LogP contribution in [0.4, 0.5) is 23.0 Å². The number of methoxy groups -OCH3 is 1. The molecule has 4 N–H and O–H groups in total. The smallest absolute Gasteiger partial charge is 0.227 e. The number of nitrogens with zero attached hydrogens (tertiary/aromatic N) is 4. The average Bonchev–Trinajstić information content (AvgIpc) is 3.16. The molecule has 0 aliphatic heterocycles. The number of para-hydroxylation sites is 1. The first kappa shape index (κ1) is 23.4. The minimum atomic E-state index is 0.495. The van der Waals surface area contributed by atoms with E-state index in [9.17, 15) is 0 Å². The second-order valence-corrected chi connectivity index (χ2v) is 8.72. The zero-order valence-corrected chi connectivity index (χ0v) is 20.7. The highest BCUT2D eigenvalue weighted by Crippen LogP contribution is 2.40. The van der Waals surface area contributed by atoms with Gasteiger partial charge in [0, 0.05) is 61.1 Å². The predicted octanol–water partition coefficient (Wildman–Crippen LogP) is 4.42. The summed E-state index contributed by atoms with van der Waals surface area (Å²) in [6, 6.07) is 10.2. The Bertz CT molecular complexity index is 1330. The number of benzene rings is 2. The van der Waals surface area contributed by atoms with E-state index < -0.39 is 0 Å². The van der Waals surface area contributed by atoms with Gasteiger partial charge in [0.15, 0.2) is 0 Å². The van der Waals surface area contributed by atoms with Crippen LogP contribution in [0.15, 0.2) is 42.7 Å². The van der Waals surface area contributed by atoms with Gasteiger partial charge in [-0.25, -0.2) is 9.97 Å². The van der Waals surface area contributed by atoms with Crippen LogP contribution < -0.4 is 21.1 Å². The van der Waals surface area contributed by atoms with Crippen molar-refractivity contribution in [2.75, 3.05) is 51.2 Å². The standard InChI is InChI=1S/C26H33N7O/c1-16-14-29-26(30-24(16)19-15-33(5)21-10-8-7-9-17(19)21)31-25-18(11-12-32(3)4)23(27)20(28-2)13-22(25)34-6/h7-10,13-15,28H,11-12,27H2,1-6H3,(H,29,30,31). The molecule has 4 aromatic rings. The summed E-state index contributed by atoms with van der Waals surface area (Å²) in [5.74, 6) is 1.18. The highest BCUT2D eigenvalue weighted by molar-refractivity contribution is 5.96. The highest BCUT2D eigenvalue weighted by atomic mass is 16.5. The molecular weight excluding hydrogens is 426 g/mol. The monoisotopic (exact) mass is 459 g/mol. The maximum absolute atomic E-state index is 6.55. The van der Waals surface area contributed by atoms with Gasteiger partial charge in [-0.1, -0.05) is 18.2 Å². The van der Waals surface area contributed by atoms with Gasteiger partial charge in [0.2, 0.25) is 5.95 Å². The van der Waals surface area contributed by atoms with E-state index in [1.165, 1.54) is 0 Å². The maximum Gasteiger partial charge on any atom is 0.227 e. The Kier molecular flexibility index (Phi) is 6.61. The zero-order chi connectivity index (χ0) is 24.4. The van der Waals surface area contributed by atoms with Crippen molar-refractivity contribution in [1.29, 1.82) is 0 Å². The Hall–Kier alpha value is -3.78. The van der Waals surface area contributed by atoms with Crippen molar-refractivity contribution in [2.24, 2.45) is 7.05 Å². The molecule has 0 bridgehead atoms. The Morgan fingerprint density at radius 1 is 1.21 bits per heavy atom. The summed E-state index contributed by atoms with van der Waals surface area (Å²) in [5, 5.41) is 7.74. The topological polar surface area (TPSA) is 93.3 Å². The second kappa shape index (κ2) is 9.61. The number of rotatable bonds is 8. The lowest BCUT2D eigenvalue weighted by Crippen LogP contribution is -2.17. The van der Waals surface area contributed by atoms with E-state index in [0.29, 0.717) is 17.4 Å². The number of aryl methyl sites for hydroxylation is 2. The van der Waals surface area contributed by atoms with Gasteiger partial charge in [-0.15, -0.1) is 0 Å². The third kappa shape index (κ3) is 4.36. The van der Waals surface area contributed by atoms with Crippen LogP contribution in [0.5, 0.6) is 5.75 Å². The van der Waals surface area contributed by atoms with Crippen molar-refractivity contribution < 1.29 is 4.74 Å². The minimum absolute atomic E-state index is 0.495. The molecule has 0 fully saturated rings. The summed E-state index contributed by atoms with van der Waals surface area (Å²) in [6.07, 6.45) is 4.71. The molecule has 0 saturated heterocycles. The Morgan fingerprint density at radius 2 is 1.97 bits per heavy atom. The average molecular weight is 460 g/mol. The van der Waals surface area contributed by atoms with Gasteiger partial charge >= 0.3 is 0 Å². The molecule has 0 aliphatic carbocycles. The van der Waals surface area contributed by atoms with Gasteiger partial charge in [0.05, 0.1) is 29.9 Å². The lowest BCUT2D eigenvalue weighted by molar-refractivity contribution is 0.409. The number of hydrogen-bond donors (Lipinski definition) is 3. The molecule has 0 unspecified atom stereocenters. The number of fused-ring (bicyclic) bond motifs is 1. The van der Waals surface area contributed by atoms with Crippen LogP contribution in [0.2, 0.25) is 0 Å². The van der Waals surface area contributed by atoms with E-state index in [1.54, 1.807) is 7.11 Å². The Balaban J connectivity index is 1.81. The SMILES string of the molecule is CNc1cc(OC)c(Nc2ncc(C)c(-c3cn(C)c4ccccc34)n2)c(CCN(C)C)c1N. The van der Waals surface area contributed by atoms with Crippen LogP contribution >= 0.6 is 0 Å². The number of nitrogens with two attached hydrogens (primary N) is 1. The molecule has 0 saturated carbocycles. The van der Waals surface area contributed by atoms with E-state index in [1.807, 2.05) is 46.4 Å². The molecule has 0 spiro atoms. The molecule has 0 aliphatic rings. The summed E-state index contributed by atoms with van der Waals surface area (Å²) in [4.78, 5) is 11.6. The van der Waals surface area contributed by atoms with Gasteiger partial charge in [-0.3, -0.25) is 0 Å². The van der Waals surface area contributed by atoms with E-state index >= 15 is 0 Å². The first-order valence-electron chi connectivity index (χ1n) is 11.3. The predicted molar refractivity (Wildman–Crippen MR) is 141 cm³/mol. The molecule has 0 amide bonds. The van der Waals surface area contributed by atoms with E-state index in [-0.39, 0.29) is 0 Å². The van der Waals surface area contributed by atoms with Gasteiger partial charge in [-0.2, -0.15) is 0 Å². The van der Waals surface area contributed by atoms with Crippen molar-refractivity contribution in [3.63, 3.8) is 0 Å². The van der Waals surface area contributed by atoms with Gasteiger partial charge in [-0.05, 0) is 39.1 Å². The van der Waals surface area contributed by atoms with Crippen molar-refractivity contribution in [3.05, 3.63) is 53.9 Å². The number of likely N-dealkylation sites (N-methyl/N-ethyl adjacent to an activating group) is 1. The number of aromatic nitrogens is 3. The molecule has 2 aromatic heterocycles. The van der Waals surface area contributed by atoms with Crippen LogP contribution in [-0.2, 0) is 13.5 Å². The van der Waals surface area contributed by atoms with Crippen LogP contribution in [0.25, 0.3) is 22.2 Å². The summed E-state index contributed by atoms with van der Waals surface area (Å²) in [6.45, 7) is 2.87. The fraction of sp³-hybridized carbons (Fsp3) is 0.308. The molecule has 2 heterocycles. The maximum atomic E-state index is 6.55. The zero-order valence-electron chi connectivity index (χ0n) is 20.7. The summed E-state index contributed by atoms with van der Waals surface area (Å²) in [5.41, 5.74) is 14.0. The third-order valence-corrected chi connectivity index (χ3v) is 6.10. The van der Waals surface area contributed by atoms with Crippen LogP contribution in [0.1, 0.15) is 11.1 Å². The van der Waals surface area contributed by atoms with Crippen molar-refractivity contribution in [3.8, 4) is 17.0 Å². The molecule has 178 valence electrons. The van der Waals surface area contributed by atoms with Crippen molar-refractivity contribution in [1.82, 2.24) is 19.4 Å². The van der Waals surface area contributed by atoms with E-state index in [2.05, 4.69) is 56.5 Å². The van der Waals surface area contributed by atoms with E-state index in [0.717, 1.165) is 57.6 Å². The molecule has 8 nitrogen and oxygen atoms in total. The van der Waals surface area contributed by atoms with Crippen LogP contribution in [0, 0.1) is 6.92 Å². The lowest BCUT2D eigenvalue weighted by atomic mass is 10.0. The lowest BCUT2D eigenvalue weighted by Gasteiger charge is -2.21.